The van der Waals surface area contributed by atoms with Crippen LogP contribution >= 0.6 is 18.9 Å². The lowest BCUT2D eigenvalue weighted by molar-refractivity contribution is 0.0756. The molecule has 1 fully saturated rings. The third-order valence-corrected chi connectivity index (χ3v) is 8.83. The van der Waals surface area contributed by atoms with E-state index in [1.807, 2.05) is 13.0 Å². The molecular weight excluding hydrogens is 319 g/mol. The number of fused-ring (bicyclic) bond motifs is 4. The van der Waals surface area contributed by atoms with E-state index in [1.165, 1.54) is 0 Å². The molecule has 22 heavy (non-hydrogen) atoms. The highest BCUT2D eigenvalue weighted by Gasteiger charge is 2.62. The van der Waals surface area contributed by atoms with E-state index in [0.29, 0.717) is 22.6 Å². The summed E-state index contributed by atoms with van der Waals surface area (Å²) in [5.41, 5.74) is 1.38. The van der Waals surface area contributed by atoms with Crippen molar-refractivity contribution in [3.8, 4) is 0 Å². The van der Waals surface area contributed by atoms with Crippen LogP contribution in [0.5, 0.6) is 0 Å². The first-order valence-corrected chi connectivity index (χ1v) is 10.1. The number of rotatable bonds is 1. The van der Waals surface area contributed by atoms with Crippen LogP contribution in [0.4, 0.5) is 0 Å². The molecule has 4 nitrogen and oxygen atoms in total. The van der Waals surface area contributed by atoms with Gasteiger partial charge in [0.2, 0.25) is 7.29 Å². The van der Waals surface area contributed by atoms with Crippen molar-refractivity contribution in [2.75, 3.05) is 6.16 Å². The Balaban J connectivity index is 1.94. The van der Waals surface area contributed by atoms with E-state index in [9.17, 15) is 9.36 Å². The monoisotopic (exact) mass is 336 g/mol. The maximum Gasteiger partial charge on any atom is 0.261 e. The Morgan fingerprint density at radius 2 is 2.00 bits per heavy atom. The molecular formula is C16H18ClN2O2P. The Hall–Kier alpha value is -1.12. The number of hydrogen-bond donors (Lipinski definition) is 0. The summed E-state index contributed by atoms with van der Waals surface area (Å²) in [7, 11) is -2.78. The lowest BCUT2D eigenvalue weighted by Gasteiger charge is -2.42. The fraction of sp³-hybridized carbons (Fsp3) is 0.500. The van der Waals surface area contributed by atoms with E-state index in [-0.39, 0.29) is 5.91 Å². The molecule has 1 spiro atoms. The first-order chi connectivity index (χ1) is 10.5. The molecule has 1 aromatic carbocycles. The van der Waals surface area contributed by atoms with Gasteiger partial charge in [0.05, 0.1) is 5.56 Å². The van der Waals surface area contributed by atoms with Crippen molar-refractivity contribution in [1.82, 2.24) is 4.90 Å². The summed E-state index contributed by atoms with van der Waals surface area (Å²) in [6.45, 7) is 1.93. The second-order valence-corrected chi connectivity index (χ2v) is 9.82. The molecule has 4 rings (SSSR count). The number of hydrogen-bond acceptors (Lipinski definition) is 2. The first-order valence-electron chi connectivity index (χ1n) is 7.86. The number of halogens is 1. The van der Waals surface area contributed by atoms with E-state index < -0.39 is 12.6 Å². The van der Waals surface area contributed by atoms with Crippen LogP contribution in [0.15, 0.2) is 23.0 Å². The van der Waals surface area contributed by atoms with E-state index in [4.69, 9.17) is 11.6 Å². The van der Waals surface area contributed by atoms with Crippen LogP contribution in [0, 0.1) is 0 Å². The van der Waals surface area contributed by atoms with Crippen molar-refractivity contribution in [2.45, 2.75) is 44.3 Å². The molecule has 1 unspecified atom stereocenters. The molecule has 1 aromatic rings. The largest absolute Gasteiger partial charge is 0.296 e. The quantitative estimate of drug-likeness (QED) is 0.708. The normalized spacial score (nSPS) is 28.7. The maximum absolute atomic E-state index is 13.5. The minimum Gasteiger partial charge on any atom is -0.296 e. The van der Waals surface area contributed by atoms with Gasteiger partial charge in [0, 0.05) is 16.7 Å². The molecule has 1 amide bonds. The Kier molecular flexibility index (Phi) is 3.08. The summed E-state index contributed by atoms with van der Waals surface area (Å²) in [6.07, 6.45) is 5.25. The molecule has 116 valence electrons. The fourth-order valence-corrected chi connectivity index (χ4v) is 7.27. The Morgan fingerprint density at radius 3 is 2.68 bits per heavy atom. The third-order valence-electron chi connectivity index (χ3n) is 5.27. The summed E-state index contributed by atoms with van der Waals surface area (Å²) in [5.74, 6) is 0.535. The summed E-state index contributed by atoms with van der Waals surface area (Å²) in [5, 5.41) is -0.0389. The Labute approximate surface area is 135 Å². The van der Waals surface area contributed by atoms with E-state index in [2.05, 4.69) is 4.76 Å². The van der Waals surface area contributed by atoms with Gasteiger partial charge in [-0.15, -0.1) is 0 Å². The van der Waals surface area contributed by atoms with Gasteiger partial charge in [-0.3, -0.25) is 14.3 Å². The van der Waals surface area contributed by atoms with Crippen molar-refractivity contribution in [1.29, 1.82) is 0 Å². The number of benzene rings is 1. The predicted octanol–water partition coefficient (Wildman–Crippen LogP) is 4.51. The molecule has 3 aliphatic rings. The van der Waals surface area contributed by atoms with Gasteiger partial charge < -0.3 is 0 Å². The molecule has 2 heterocycles. The van der Waals surface area contributed by atoms with Crippen LogP contribution in [-0.2, 0) is 4.57 Å². The van der Waals surface area contributed by atoms with E-state index >= 15 is 0 Å². The predicted molar refractivity (Wildman–Crippen MR) is 88.1 cm³/mol. The van der Waals surface area contributed by atoms with Crippen LogP contribution in [-0.4, -0.2) is 28.1 Å². The molecule has 0 radical (unpaired) electrons. The summed E-state index contributed by atoms with van der Waals surface area (Å²) in [4.78, 5) is 14.7. The minimum absolute atomic E-state index is 0.0793. The second kappa shape index (κ2) is 4.69. The van der Waals surface area contributed by atoms with Gasteiger partial charge in [-0.1, -0.05) is 37.8 Å². The highest BCUT2D eigenvalue weighted by atomic mass is 35.5. The lowest BCUT2D eigenvalue weighted by atomic mass is 9.93. The van der Waals surface area contributed by atoms with Crippen LogP contribution in [0.1, 0.15) is 54.9 Å². The van der Waals surface area contributed by atoms with E-state index in [1.54, 1.807) is 17.0 Å². The Bertz CT molecular complexity index is 753. The molecule has 1 aliphatic carbocycles. The zero-order valence-corrected chi connectivity index (χ0v) is 14.2. The fourth-order valence-electron chi connectivity index (χ4n) is 4.17. The second-order valence-electron chi connectivity index (χ2n) is 6.31. The molecule has 6 heteroatoms. The van der Waals surface area contributed by atoms with Gasteiger partial charge in [0.25, 0.3) is 5.91 Å². The summed E-state index contributed by atoms with van der Waals surface area (Å²) < 4.78 is 18.2. The molecule has 0 aromatic heterocycles. The maximum atomic E-state index is 13.5. The average molecular weight is 337 g/mol. The highest BCUT2D eigenvalue weighted by Crippen LogP contribution is 2.70. The van der Waals surface area contributed by atoms with Crippen LogP contribution < -0.4 is 0 Å². The first kappa shape index (κ1) is 14.5. The lowest BCUT2D eigenvalue weighted by Crippen LogP contribution is -2.49. The van der Waals surface area contributed by atoms with Crippen LogP contribution in [0.25, 0.3) is 0 Å². The molecule has 1 atom stereocenters. The van der Waals surface area contributed by atoms with Gasteiger partial charge >= 0.3 is 0 Å². The highest BCUT2D eigenvalue weighted by molar-refractivity contribution is 7.65. The average Bonchev–Trinajstić information content (AvgIpc) is 2.93. The van der Waals surface area contributed by atoms with Crippen molar-refractivity contribution < 1.29 is 9.36 Å². The van der Waals surface area contributed by atoms with Gasteiger partial charge in [0.15, 0.2) is 0 Å². The molecule has 1 saturated carbocycles. The number of amides is 1. The zero-order chi connectivity index (χ0) is 15.5. The van der Waals surface area contributed by atoms with Crippen LogP contribution in [0.2, 0.25) is 5.02 Å². The number of carbonyl (C=O) groups is 1. The SMILES string of the molecule is CCP1(=O)N=C2c3ccc(Cl)cc3C(=O)N2C12CCCCC2. The number of carbonyl (C=O) groups excluding carboxylic acids is 1. The third kappa shape index (κ3) is 1.63. The van der Waals surface area contributed by atoms with Crippen molar-refractivity contribution >= 4 is 30.6 Å². The smallest absolute Gasteiger partial charge is 0.261 e. The van der Waals surface area contributed by atoms with Gasteiger partial charge in [-0.2, -0.15) is 0 Å². The number of amidine groups is 1. The summed E-state index contributed by atoms with van der Waals surface area (Å²) >= 11 is 6.04. The standard InChI is InChI=1S/C16H18ClN2O2P/c1-2-22(21)16(8-4-3-5-9-16)19-14(18-22)12-7-6-11(17)10-13(12)15(19)20/h6-7,10H,2-5,8-9H2,1H3. The molecule has 0 saturated heterocycles. The van der Waals surface area contributed by atoms with Gasteiger partial charge in [-0.25, -0.2) is 4.76 Å². The van der Waals surface area contributed by atoms with Gasteiger partial charge in [-0.05, 0) is 31.0 Å². The zero-order valence-electron chi connectivity index (χ0n) is 12.5. The molecule has 0 N–H and O–H groups in total. The van der Waals surface area contributed by atoms with E-state index in [0.717, 1.165) is 37.7 Å². The molecule has 0 bridgehead atoms. The number of nitrogens with zero attached hydrogens (tertiary/aromatic N) is 2. The van der Waals surface area contributed by atoms with Crippen molar-refractivity contribution in [3.05, 3.63) is 34.3 Å². The summed E-state index contributed by atoms with van der Waals surface area (Å²) in [6, 6.07) is 5.30. The molecule has 2 aliphatic heterocycles. The topological polar surface area (TPSA) is 49.7 Å². The Morgan fingerprint density at radius 1 is 1.27 bits per heavy atom. The minimum atomic E-state index is -2.78. The van der Waals surface area contributed by atoms with Gasteiger partial charge in [0.1, 0.15) is 11.1 Å². The van der Waals surface area contributed by atoms with Crippen molar-refractivity contribution in [3.63, 3.8) is 0 Å². The van der Waals surface area contributed by atoms with Crippen molar-refractivity contribution in [2.24, 2.45) is 4.76 Å². The van der Waals surface area contributed by atoms with Crippen LogP contribution in [0.3, 0.4) is 0 Å².